The van der Waals surface area contributed by atoms with E-state index in [0.29, 0.717) is 0 Å². The summed E-state index contributed by atoms with van der Waals surface area (Å²) in [6, 6.07) is 10.7. The van der Waals surface area contributed by atoms with E-state index in [0.717, 1.165) is 17.2 Å². The molecule has 1 heterocycles. The summed E-state index contributed by atoms with van der Waals surface area (Å²) in [5.41, 5.74) is 11.7. The Morgan fingerprint density at radius 1 is 1.05 bits per heavy atom. The minimum Gasteiger partial charge on any atom is -0.397 e. The number of fused-ring (bicyclic) bond motifs is 1. The monoisotopic (exact) mass is 267 g/mol. The van der Waals surface area contributed by atoms with Crippen LogP contribution in [0.5, 0.6) is 0 Å². The summed E-state index contributed by atoms with van der Waals surface area (Å²) in [4.78, 5) is 6.69. The van der Waals surface area contributed by atoms with E-state index in [1.165, 1.54) is 42.5 Å². The first-order valence-electron chi connectivity index (χ1n) is 7.24. The summed E-state index contributed by atoms with van der Waals surface area (Å²) in [6.45, 7) is 1.94. The molecule has 1 aliphatic rings. The normalized spacial score (nSPS) is 13.9. The van der Waals surface area contributed by atoms with Crippen molar-refractivity contribution in [3.05, 3.63) is 47.2 Å². The molecule has 0 atom stereocenters. The fourth-order valence-corrected chi connectivity index (χ4v) is 2.81. The lowest BCUT2D eigenvalue weighted by Gasteiger charge is -2.22. The van der Waals surface area contributed by atoms with Gasteiger partial charge in [0.1, 0.15) is 5.82 Å². The maximum Gasteiger partial charge on any atom is 0.133 e. The van der Waals surface area contributed by atoms with Crippen molar-refractivity contribution in [1.82, 2.24) is 4.98 Å². The molecule has 3 nitrogen and oxygen atoms in total. The highest BCUT2D eigenvalue weighted by molar-refractivity contribution is 5.63. The number of benzene rings is 1. The number of rotatable bonds is 2. The average Bonchev–Trinajstić information content (AvgIpc) is 2.49. The zero-order valence-electron chi connectivity index (χ0n) is 12.2. The highest BCUT2D eigenvalue weighted by Gasteiger charge is 2.12. The summed E-state index contributed by atoms with van der Waals surface area (Å²) in [5.74, 6) is 0.937. The second-order valence-electron chi connectivity index (χ2n) is 5.56. The summed E-state index contributed by atoms with van der Waals surface area (Å²) < 4.78 is 0. The lowest BCUT2D eigenvalue weighted by Crippen LogP contribution is -2.13. The first-order valence-corrected chi connectivity index (χ1v) is 7.24. The topological polar surface area (TPSA) is 42.2 Å². The number of aromatic nitrogens is 1. The molecule has 0 saturated carbocycles. The Kier molecular flexibility index (Phi) is 3.35. The number of anilines is 3. The standard InChI is InChI=1S/C17H21N3/c1-12-16(18)9-10-17(19-12)20(2)15-8-7-13-5-3-4-6-14(13)11-15/h7-11H,3-6,18H2,1-2H3. The second kappa shape index (κ2) is 5.16. The van der Waals surface area contributed by atoms with Crippen LogP contribution in [0.1, 0.15) is 29.7 Å². The van der Waals surface area contributed by atoms with Gasteiger partial charge in [0.2, 0.25) is 0 Å². The molecular formula is C17H21N3. The molecule has 0 saturated heterocycles. The van der Waals surface area contributed by atoms with Crippen molar-refractivity contribution in [1.29, 1.82) is 0 Å². The number of nitrogens with two attached hydrogens (primary N) is 1. The fourth-order valence-electron chi connectivity index (χ4n) is 2.81. The molecular weight excluding hydrogens is 246 g/mol. The highest BCUT2D eigenvalue weighted by atomic mass is 15.2. The largest absolute Gasteiger partial charge is 0.397 e. The van der Waals surface area contributed by atoms with Gasteiger partial charge in [0.25, 0.3) is 0 Å². The van der Waals surface area contributed by atoms with Gasteiger partial charge in [-0.15, -0.1) is 0 Å². The van der Waals surface area contributed by atoms with E-state index >= 15 is 0 Å². The lowest BCUT2D eigenvalue weighted by molar-refractivity contribution is 0.685. The van der Waals surface area contributed by atoms with E-state index in [1.54, 1.807) is 0 Å². The zero-order valence-corrected chi connectivity index (χ0v) is 12.2. The molecule has 20 heavy (non-hydrogen) atoms. The van der Waals surface area contributed by atoms with Crippen molar-refractivity contribution in [2.24, 2.45) is 0 Å². The Morgan fingerprint density at radius 3 is 2.55 bits per heavy atom. The Balaban J connectivity index is 1.93. The third-order valence-electron chi connectivity index (χ3n) is 4.18. The smallest absolute Gasteiger partial charge is 0.133 e. The van der Waals surface area contributed by atoms with Gasteiger partial charge in [0.05, 0.1) is 11.4 Å². The van der Waals surface area contributed by atoms with Crippen LogP contribution < -0.4 is 10.6 Å². The first-order chi connectivity index (χ1) is 9.65. The van der Waals surface area contributed by atoms with Gasteiger partial charge in [0, 0.05) is 12.7 Å². The van der Waals surface area contributed by atoms with Gasteiger partial charge < -0.3 is 10.6 Å². The van der Waals surface area contributed by atoms with Crippen molar-refractivity contribution in [2.45, 2.75) is 32.6 Å². The maximum atomic E-state index is 5.84. The molecule has 1 aromatic heterocycles. The van der Waals surface area contributed by atoms with Crippen molar-refractivity contribution in [2.75, 3.05) is 17.7 Å². The molecule has 0 bridgehead atoms. The molecule has 3 heteroatoms. The van der Waals surface area contributed by atoms with Crippen LogP contribution in [0, 0.1) is 6.92 Å². The van der Waals surface area contributed by atoms with Crippen LogP contribution in [0.25, 0.3) is 0 Å². The van der Waals surface area contributed by atoms with E-state index in [2.05, 4.69) is 35.1 Å². The number of nitrogens with zero attached hydrogens (tertiary/aromatic N) is 2. The lowest BCUT2D eigenvalue weighted by atomic mass is 9.91. The van der Waals surface area contributed by atoms with E-state index in [-0.39, 0.29) is 0 Å². The quantitative estimate of drug-likeness (QED) is 0.903. The van der Waals surface area contributed by atoms with E-state index in [1.807, 2.05) is 19.1 Å². The van der Waals surface area contributed by atoms with Gasteiger partial charge in [-0.3, -0.25) is 0 Å². The Bertz CT molecular complexity index is 634. The number of nitrogen functional groups attached to an aromatic ring is 1. The van der Waals surface area contributed by atoms with Crippen molar-refractivity contribution >= 4 is 17.2 Å². The molecule has 2 N–H and O–H groups in total. The van der Waals surface area contributed by atoms with Gasteiger partial charge in [-0.2, -0.15) is 0 Å². The number of hydrogen-bond donors (Lipinski definition) is 1. The van der Waals surface area contributed by atoms with Crippen LogP contribution in [0.15, 0.2) is 30.3 Å². The first kappa shape index (κ1) is 13.0. The predicted molar refractivity (Wildman–Crippen MR) is 84.5 cm³/mol. The summed E-state index contributed by atoms with van der Waals surface area (Å²) in [7, 11) is 2.06. The minimum absolute atomic E-state index is 0.743. The molecule has 3 rings (SSSR count). The molecule has 0 amide bonds. The average molecular weight is 267 g/mol. The van der Waals surface area contributed by atoms with Crippen LogP contribution >= 0.6 is 0 Å². The van der Waals surface area contributed by atoms with Crippen molar-refractivity contribution in [3.8, 4) is 0 Å². The number of hydrogen-bond acceptors (Lipinski definition) is 3. The Hall–Kier alpha value is -2.03. The SMILES string of the molecule is Cc1nc(N(C)c2ccc3c(c2)CCCC3)ccc1N. The molecule has 0 fully saturated rings. The maximum absolute atomic E-state index is 5.84. The van der Waals surface area contributed by atoms with Crippen LogP contribution in [0.2, 0.25) is 0 Å². The van der Waals surface area contributed by atoms with E-state index < -0.39 is 0 Å². The minimum atomic E-state index is 0.743. The predicted octanol–water partition coefficient (Wildman–Crippen LogP) is 3.62. The van der Waals surface area contributed by atoms with Gasteiger partial charge in [-0.05, 0) is 68.0 Å². The van der Waals surface area contributed by atoms with Gasteiger partial charge in [-0.1, -0.05) is 6.07 Å². The van der Waals surface area contributed by atoms with Crippen LogP contribution in [-0.2, 0) is 12.8 Å². The number of aryl methyl sites for hydroxylation is 3. The van der Waals surface area contributed by atoms with E-state index in [9.17, 15) is 0 Å². The molecule has 2 aromatic rings. The molecule has 0 aliphatic heterocycles. The van der Waals surface area contributed by atoms with Crippen LogP contribution in [-0.4, -0.2) is 12.0 Å². The van der Waals surface area contributed by atoms with Crippen LogP contribution in [0.3, 0.4) is 0 Å². The Labute approximate surface area is 120 Å². The van der Waals surface area contributed by atoms with Gasteiger partial charge >= 0.3 is 0 Å². The van der Waals surface area contributed by atoms with Gasteiger partial charge in [-0.25, -0.2) is 4.98 Å². The molecule has 104 valence electrons. The third-order valence-corrected chi connectivity index (χ3v) is 4.18. The second-order valence-corrected chi connectivity index (χ2v) is 5.56. The van der Waals surface area contributed by atoms with E-state index in [4.69, 9.17) is 5.73 Å². The summed E-state index contributed by atoms with van der Waals surface area (Å²) >= 11 is 0. The van der Waals surface area contributed by atoms with Crippen LogP contribution in [0.4, 0.5) is 17.2 Å². The fraction of sp³-hybridized carbons (Fsp3) is 0.353. The zero-order chi connectivity index (χ0) is 14.1. The number of pyridine rings is 1. The molecule has 0 unspecified atom stereocenters. The summed E-state index contributed by atoms with van der Waals surface area (Å²) in [5, 5.41) is 0. The molecule has 1 aliphatic carbocycles. The highest BCUT2D eigenvalue weighted by Crippen LogP contribution is 2.29. The molecule has 1 aromatic carbocycles. The molecule has 0 radical (unpaired) electrons. The van der Waals surface area contributed by atoms with Crippen molar-refractivity contribution in [3.63, 3.8) is 0 Å². The van der Waals surface area contributed by atoms with Gasteiger partial charge in [0.15, 0.2) is 0 Å². The van der Waals surface area contributed by atoms with Crippen molar-refractivity contribution < 1.29 is 0 Å². The Morgan fingerprint density at radius 2 is 1.80 bits per heavy atom. The molecule has 0 spiro atoms. The summed E-state index contributed by atoms with van der Waals surface area (Å²) in [6.07, 6.45) is 5.05. The third kappa shape index (κ3) is 2.36.